The molecule has 0 amide bonds. The molecular weight excluding hydrogens is 200 g/mol. The molecule has 0 unspecified atom stereocenters. The normalized spacial score (nSPS) is 9.88. The fraction of sp³-hybridized carbons (Fsp3) is 0.462. The predicted molar refractivity (Wildman–Crippen MR) is 65.5 cm³/mol. The van der Waals surface area contributed by atoms with Gasteiger partial charge in [0.1, 0.15) is 11.8 Å². The second-order valence-electron chi connectivity index (χ2n) is 3.63. The molecule has 0 heterocycles. The summed E-state index contributed by atoms with van der Waals surface area (Å²) in [6, 6.07) is 10.2. The lowest BCUT2D eigenvalue weighted by atomic mass is 10.1. The minimum atomic E-state index is 0.0965. The van der Waals surface area contributed by atoms with Gasteiger partial charge in [-0.25, -0.2) is 0 Å². The van der Waals surface area contributed by atoms with Crippen molar-refractivity contribution in [3.63, 3.8) is 0 Å². The Hall–Kier alpha value is -1.69. The van der Waals surface area contributed by atoms with Crippen LogP contribution >= 0.6 is 0 Å². The Bertz CT molecular complexity index is 336. The Kier molecular flexibility index (Phi) is 5.21. The lowest BCUT2D eigenvalue weighted by molar-refractivity contribution is 0.368. The van der Waals surface area contributed by atoms with Crippen LogP contribution in [0, 0.1) is 11.3 Å². The van der Waals surface area contributed by atoms with E-state index in [0.717, 1.165) is 24.3 Å². The van der Waals surface area contributed by atoms with Crippen LogP contribution in [0.15, 0.2) is 24.3 Å². The van der Waals surface area contributed by atoms with Gasteiger partial charge in [-0.15, -0.1) is 0 Å². The van der Waals surface area contributed by atoms with Crippen molar-refractivity contribution in [3.8, 4) is 11.8 Å². The maximum absolute atomic E-state index is 8.38. The fourth-order valence-corrected chi connectivity index (χ4v) is 1.49. The molecule has 0 radical (unpaired) electrons. The van der Waals surface area contributed by atoms with Crippen LogP contribution in [-0.4, -0.2) is 12.6 Å². The Balaban J connectivity index is 2.54. The van der Waals surface area contributed by atoms with E-state index < -0.39 is 0 Å². The van der Waals surface area contributed by atoms with Crippen LogP contribution in [0.1, 0.15) is 26.7 Å². The van der Waals surface area contributed by atoms with Crippen molar-refractivity contribution in [1.82, 2.24) is 0 Å². The third-order valence-electron chi connectivity index (χ3n) is 2.51. The van der Waals surface area contributed by atoms with Gasteiger partial charge in [-0.05, 0) is 37.1 Å². The van der Waals surface area contributed by atoms with E-state index >= 15 is 0 Å². The molecule has 0 spiro atoms. The maximum atomic E-state index is 8.38. The summed E-state index contributed by atoms with van der Waals surface area (Å²) in [7, 11) is 0. The molecule has 1 aromatic carbocycles. The number of nitrogens with zero attached hydrogens (tertiary/aromatic N) is 1. The van der Waals surface area contributed by atoms with E-state index in [1.807, 2.05) is 30.3 Å². The monoisotopic (exact) mass is 218 g/mol. The van der Waals surface area contributed by atoms with Crippen molar-refractivity contribution in [2.75, 3.05) is 11.9 Å². The molecule has 0 atom stereocenters. The Morgan fingerprint density at radius 3 is 2.38 bits per heavy atom. The number of hydrogen-bond donors (Lipinski definition) is 1. The van der Waals surface area contributed by atoms with E-state index in [4.69, 9.17) is 10.00 Å². The molecule has 1 rings (SSSR count). The van der Waals surface area contributed by atoms with Gasteiger partial charge in [0.25, 0.3) is 0 Å². The molecule has 0 bridgehead atoms. The van der Waals surface area contributed by atoms with Crippen LogP contribution < -0.4 is 10.1 Å². The highest BCUT2D eigenvalue weighted by Gasteiger charge is 2.02. The number of nitrogens with one attached hydrogen (secondary N) is 1. The zero-order chi connectivity index (χ0) is 11.8. The topological polar surface area (TPSA) is 45.0 Å². The van der Waals surface area contributed by atoms with Gasteiger partial charge in [-0.1, -0.05) is 13.8 Å². The Labute approximate surface area is 97.0 Å². The highest BCUT2D eigenvalue weighted by Crippen LogP contribution is 2.17. The molecule has 3 nitrogen and oxygen atoms in total. The first-order valence-electron chi connectivity index (χ1n) is 5.66. The van der Waals surface area contributed by atoms with Crippen LogP contribution in [0.2, 0.25) is 0 Å². The summed E-state index contributed by atoms with van der Waals surface area (Å²) in [5.74, 6) is 0.733. The molecule has 1 aromatic rings. The van der Waals surface area contributed by atoms with Gasteiger partial charge < -0.3 is 10.1 Å². The SMILES string of the molecule is CCC(CC)Nc1ccc(OCC#N)cc1. The van der Waals surface area contributed by atoms with Crippen molar-refractivity contribution < 1.29 is 4.74 Å². The molecule has 0 aliphatic carbocycles. The standard InChI is InChI=1S/C13H18N2O/c1-3-11(4-2)15-12-5-7-13(8-6-12)16-10-9-14/h5-8,11,15H,3-4,10H2,1-2H3. The van der Waals surface area contributed by atoms with E-state index in [0.29, 0.717) is 6.04 Å². The maximum Gasteiger partial charge on any atom is 0.174 e. The van der Waals surface area contributed by atoms with Crippen LogP contribution in [0.5, 0.6) is 5.75 Å². The van der Waals surface area contributed by atoms with E-state index in [9.17, 15) is 0 Å². The van der Waals surface area contributed by atoms with Crippen LogP contribution in [-0.2, 0) is 0 Å². The zero-order valence-corrected chi connectivity index (χ0v) is 9.86. The number of anilines is 1. The van der Waals surface area contributed by atoms with Gasteiger partial charge in [0.05, 0.1) is 0 Å². The lowest BCUT2D eigenvalue weighted by Gasteiger charge is -2.16. The summed E-state index contributed by atoms with van der Waals surface area (Å²) < 4.78 is 5.18. The van der Waals surface area contributed by atoms with Gasteiger partial charge in [0.15, 0.2) is 6.61 Å². The molecule has 86 valence electrons. The quantitative estimate of drug-likeness (QED) is 0.797. The van der Waals surface area contributed by atoms with Crippen molar-refractivity contribution in [3.05, 3.63) is 24.3 Å². The number of ether oxygens (including phenoxy) is 1. The molecule has 0 aliphatic rings. The largest absolute Gasteiger partial charge is 0.479 e. The molecule has 0 aromatic heterocycles. The summed E-state index contributed by atoms with van der Waals surface area (Å²) in [5, 5.41) is 11.8. The van der Waals surface area contributed by atoms with Gasteiger partial charge in [0, 0.05) is 11.7 Å². The second-order valence-corrected chi connectivity index (χ2v) is 3.63. The first-order chi connectivity index (χ1) is 7.80. The average molecular weight is 218 g/mol. The number of benzene rings is 1. The minimum Gasteiger partial charge on any atom is -0.479 e. The van der Waals surface area contributed by atoms with E-state index in [2.05, 4.69) is 19.2 Å². The average Bonchev–Trinajstić information content (AvgIpc) is 2.35. The second kappa shape index (κ2) is 6.73. The minimum absolute atomic E-state index is 0.0965. The van der Waals surface area contributed by atoms with Crippen LogP contribution in [0.3, 0.4) is 0 Å². The van der Waals surface area contributed by atoms with Gasteiger partial charge >= 0.3 is 0 Å². The number of hydrogen-bond acceptors (Lipinski definition) is 3. The summed E-state index contributed by atoms with van der Waals surface area (Å²) in [6.07, 6.45) is 2.23. The van der Waals surface area contributed by atoms with Crippen LogP contribution in [0.25, 0.3) is 0 Å². The van der Waals surface area contributed by atoms with Gasteiger partial charge in [-0.3, -0.25) is 0 Å². The molecular formula is C13H18N2O. The molecule has 3 heteroatoms. The molecule has 0 saturated carbocycles. The summed E-state index contributed by atoms with van der Waals surface area (Å²) >= 11 is 0. The van der Waals surface area contributed by atoms with Crippen molar-refractivity contribution in [2.24, 2.45) is 0 Å². The third kappa shape index (κ3) is 3.82. The zero-order valence-electron chi connectivity index (χ0n) is 9.86. The number of nitriles is 1. The molecule has 0 aliphatic heterocycles. The van der Waals surface area contributed by atoms with E-state index in [1.165, 1.54) is 0 Å². The highest BCUT2D eigenvalue weighted by molar-refractivity contribution is 5.47. The van der Waals surface area contributed by atoms with Crippen molar-refractivity contribution >= 4 is 5.69 Å². The lowest BCUT2D eigenvalue weighted by Crippen LogP contribution is -2.16. The summed E-state index contributed by atoms with van der Waals surface area (Å²) in [4.78, 5) is 0. The highest BCUT2D eigenvalue weighted by atomic mass is 16.5. The first kappa shape index (κ1) is 12.4. The Morgan fingerprint density at radius 2 is 1.88 bits per heavy atom. The first-order valence-corrected chi connectivity index (χ1v) is 5.66. The molecule has 1 N–H and O–H groups in total. The van der Waals surface area contributed by atoms with Crippen LogP contribution in [0.4, 0.5) is 5.69 Å². The molecule has 0 saturated heterocycles. The number of rotatable bonds is 6. The van der Waals surface area contributed by atoms with Gasteiger partial charge in [-0.2, -0.15) is 5.26 Å². The predicted octanol–water partition coefficient (Wildman–Crippen LogP) is 3.19. The fourth-order valence-electron chi connectivity index (χ4n) is 1.49. The summed E-state index contributed by atoms with van der Waals surface area (Å²) in [5.41, 5.74) is 1.10. The van der Waals surface area contributed by atoms with Gasteiger partial charge in [0.2, 0.25) is 0 Å². The smallest absolute Gasteiger partial charge is 0.174 e. The van der Waals surface area contributed by atoms with Crippen molar-refractivity contribution in [2.45, 2.75) is 32.7 Å². The third-order valence-corrected chi connectivity index (χ3v) is 2.51. The van der Waals surface area contributed by atoms with Crippen molar-refractivity contribution in [1.29, 1.82) is 5.26 Å². The van der Waals surface area contributed by atoms with E-state index in [-0.39, 0.29) is 6.61 Å². The molecule has 16 heavy (non-hydrogen) atoms. The molecule has 0 fully saturated rings. The summed E-state index contributed by atoms with van der Waals surface area (Å²) in [6.45, 7) is 4.44. The Morgan fingerprint density at radius 1 is 1.25 bits per heavy atom. The van der Waals surface area contributed by atoms with E-state index in [1.54, 1.807) is 0 Å².